The Morgan fingerprint density at radius 1 is 1.31 bits per heavy atom. The van der Waals surface area contributed by atoms with Crippen LogP contribution in [0.4, 0.5) is 0 Å². The molecule has 1 heterocycles. The first kappa shape index (κ1) is 9.04. The van der Waals surface area contributed by atoms with Gasteiger partial charge in [0, 0.05) is 6.20 Å². The molecule has 7 heteroatoms. The second-order valence-electron chi connectivity index (χ2n) is 2.25. The van der Waals surface area contributed by atoms with Crippen molar-refractivity contribution in [1.82, 2.24) is 0 Å². The monoisotopic (exact) mass is 184 g/mol. The lowest BCUT2D eigenvalue weighted by atomic mass is 9.87. The maximum absolute atomic E-state index is 10.9. The zero-order chi connectivity index (χ0) is 10.1. The molecule has 1 rings (SSSR count). The van der Waals surface area contributed by atoms with Crippen molar-refractivity contribution < 1.29 is 24.6 Å². The summed E-state index contributed by atoms with van der Waals surface area (Å²) in [5.41, 5.74) is -2.61. The van der Waals surface area contributed by atoms with Crippen LogP contribution in [-0.4, -0.2) is 28.1 Å². The first-order valence-electron chi connectivity index (χ1n) is 3.11. The fourth-order valence-electron chi connectivity index (χ4n) is 0.798. The molecule has 0 aromatic carbocycles. The van der Waals surface area contributed by atoms with Gasteiger partial charge in [0.1, 0.15) is 0 Å². The Labute approximate surface area is 71.4 Å². The second-order valence-corrected chi connectivity index (χ2v) is 2.25. The lowest BCUT2D eigenvalue weighted by molar-refractivity contribution is -0.164. The zero-order valence-corrected chi connectivity index (χ0v) is 6.17. The van der Waals surface area contributed by atoms with Crippen LogP contribution in [-0.2, 0) is 14.4 Å². The van der Waals surface area contributed by atoms with Crippen molar-refractivity contribution in [2.45, 2.75) is 0 Å². The molecule has 1 aliphatic rings. The van der Waals surface area contributed by atoms with Crippen molar-refractivity contribution >= 4 is 17.8 Å². The van der Waals surface area contributed by atoms with Gasteiger partial charge in [-0.1, -0.05) is 0 Å². The van der Waals surface area contributed by atoms with Crippen LogP contribution >= 0.6 is 0 Å². The zero-order valence-electron chi connectivity index (χ0n) is 6.17. The Balaban J connectivity index is 3.27. The molecular formula is C6H4N2O5. The molecule has 0 saturated carbocycles. The number of azo groups is 1. The normalized spacial score (nSPS) is 18.6. The number of carboxylic acids is 2. The highest BCUT2D eigenvalue weighted by atomic mass is 16.4. The van der Waals surface area contributed by atoms with Crippen LogP contribution in [0.25, 0.3) is 0 Å². The van der Waals surface area contributed by atoms with Crippen LogP contribution in [0.2, 0.25) is 0 Å². The predicted octanol–water partition coefficient (Wildman–Crippen LogP) is -0.352. The summed E-state index contributed by atoms with van der Waals surface area (Å²) >= 11 is 0. The first-order valence-corrected chi connectivity index (χ1v) is 3.11. The quantitative estimate of drug-likeness (QED) is 0.568. The summed E-state index contributed by atoms with van der Waals surface area (Å²) in [7, 11) is 0. The Morgan fingerprint density at radius 2 is 1.85 bits per heavy atom. The summed E-state index contributed by atoms with van der Waals surface area (Å²) in [6.45, 7) is 0. The minimum absolute atomic E-state index is 0.687. The summed E-state index contributed by atoms with van der Waals surface area (Å²) in [6, 6.07) is 0. The Hall–Kier alpha value is -2.05. The summed E-state index contributed by atoms with van der Waals surface area (Å²) in [4.78, 5) is 32.1. The van der Waals surface area contributed by atoms with E-state index < -0.39 is 23.3 Å². The molecule has 0 unspecified atom stereocenters. The van der Waals surface area contributed by atoms with E-state index in [0.29, 0.717) is 6.08 Å². The third-order valence-electron chi connectivity index (χ3n) is 1.55. The minimum Gasteiger partial charge on any atom is -0.480 e. The lowest BCUT2D eigenvalue weighted by Crippen LogP contribution is -2.44. The number of rotatable bonds is 2. The van der Waals surface area contributed by atoms with Crippen LogP contribution in [0.3, 0.4) is 0 Å². The molecule has 0 spiro atoms. The van der Waals surface area contributed by atoms with Gasteiger partial charge in [-0.3, -0.25) is 14.4 Å². The van der Waals surface area contributed by atoms with Crippen LogP contribution in [0, 0.1) is 5.41 Å². The molecule has 0 fully saturated rings. The number of carboxylic acid groups (broad SMARTS) is 2. The fraction of sp³-hybridized carbons (Fsp3) is 0.167. The number of aliphatic carboxylic acids is 2. The number of hydrogen-bond donors (Lipinski definition) is 2. The fourth-order valence-corrected chi connectivity index (χ4v) is 0.798. The second kappa shape index (κ2) is 2.77. The Bertz CT molecular complexity index is 329. The van der Waals surface area contributed by atoms with Crippen LogP contribution < -0.4 is 0 Å². The highest BCUT2D eigenvalue weighted by Gasteiger charge is 2.53. The number of carbonyl (C=O) groups excluding carboxylic acids is 1. The largest absolute Gasteiger partial charge is 0.480 e. The first-order chi connectivity index (χ1) is 6.01. The molecule has 13 heavy (non-hydrogen) atoms. The number of carbonyl (C=O) groups is 3. The Kier molecular flexibility index (Phi) is 1.93. The molecule has 0 saturated heterocycles. The van der Waals surface area contributed by atoms with E-state index in [-0.39, 0.29) is 0 Å². The van der Waals surface area contributed by atoms with Gasteiger partial charge >= 0.3 is 11.9 Å². The van der Waals surface area contributed by atoms with Crippen molar-refractivity contribution in [3.63, 3.8) is 0 Å². The molecule has 2 N–H and O–H groups in total. The van der Waals surface area contributed by atoms with Gasteiger partial charge in [0.25, 0.3) is 11.3 Å². The van der Waals surface area contributed by atoms with Gasteiger partial charge in [-0.25, -0.2) is 0 Å². The highest BCUT2D eigenvalue weighted by molar-refractivity contribution is 6.21. The van der Waals surface area contributed by atoms with Crippen molar-refractivity contribution in [3.8, 4) is 0 Å². The summed E-state index contributed by atoms with van der Waals surface area (Å²) in [5.74, 6) is -4.87. The number of nitrogens with zero attached hydrogens (tertiary/aromatic N) is 2. The van der Waals surface area contributed by atoms with Gasteiger partial charge in [-0.15, -0.1) is 5.11 Å². The number of amides is 1. The lowest BCUT2D eigenvalue weighted by Gasteiger charge is -2.17. The molecule has 1 aliphatic heterocycles. The highest BCUT2D eigenvalue weighted by Crippen LogP contribution is 2.25. The molecule has 0 aliphatic carbocycles. The van der Waals surface area contributed by atoms with E-state index in [9.17, 15) is 14.4 Å². The van der Waals surface area contributed by atoms with E-state index in [4.69, 9.17) is 10.2 Å². The van der Waals surface area contributed by atoms with Gasteiger partial charge in [0.05, 0.1) is 0 Å². The predicted molar refractivity (Wildman–Crippen MR) is 36.7 cm³/mol. The molecule has 0 aromatic heterocycles. The molecule has 0 bridgehead atoms. The number of hydrogen-bond acceptors (Lipinski definition) is 4. The van der Waals surface area contributed by atoms with E-state index in [1.807, 2.05) is 0 Å². The van der Waals surface area contributed by atoms with Gasteiger partial charge in [-0.05, 0) is 6.08 Å². The summed E-state index contributed by atoms with van der Waals surface area (Å²) in [6.07, 6.45) is 1.55. The summed E-state index contributed by atoms with van der Waals surface area (Å²) in [5, 5.41) is 23.1. The molecule has 0 aromatic rings. The van der Waals surface area contributed by atoms with Crippen molar-refractivity contribution in [2.75, 3.05) is 0 Å². The van der Waals surface area contributed by atoms with Crippen molar-refractivity contribution in [3.05, 3.63) is 12.3 Å². The van der Waals surface area contributed by atoms with E-state index in [1.54, 1.807) is 0 Å². The molecular weight excluding hydrogens is 180 g/mol. The Morgan fingerprint density at radius 3 is 2.15 bits per heavy atom. The maximum atomic E-state index is 10.9. The van der Waals surface area contributed by atoms with Gasteiger partial charge < -0.3 is 10.2 Å². The topological polar surface area (TPSA) is 116 Å². The van der Waals surface area contributed by atoms with Crippen LogP contribution in [0.15, 0.2) is 22.5 Å². The average Bonchev–Trinajstić information content (AvgIpc) is 2.04. The molecule has 1 amide bonds. The van der Waals surface area contributed by atoms with Gasteiger partial charge in [0.2, 0.25) is 0 Å². The van der Waals surface area contributed by atoms with Crippen molar-refractivity contribution in [1.29, 1.82) is 0 Å². The molecule has 0 radical (unpaired) electrons. The minimum atomic E-state index is -2.61. The van der Waals surface area contributed by atoms with Gasteiger partial charge in [0.15, 0.2) is 0 Å². The van der Waals surface area contributed by atoms with E-state index >= 15 is 0 Å². The van der Waals surface area contributed by atoms with Gasteiger partial charge in [-0.2, -0.15) is 5.11 Å². The van der Waals surface area contributed by atoms with E-state index in [0.717, 1.165) is 6.20 Å². The third kappa shape index (κ3) is 1.10. The molecule has 68 valence electrons. The SMILES string of the molecule is O=C(O)C1(C(=O)O)C=CN=NC1=O. The smallest absolute Gasteiger partial charge is 0.335 e. The van der Waals surface area contributed by atoms with Crippen molar-refractivity contribution in [2.24, 2.45) is 15.6 Å². The van der Waals surface area contributed by atoms with E-state index in [2.05, 4.69) is 10.2 Å². The third-order valence-corrected chi connectivity index (χ3v) is 1.55. The maximum Gasteiger partial charge on any atom is 0.335 e. The molecule has 7 nitrogen and oxygen atoms in total. The average molecular weight is 184 g/mol. The van der Waals surface area contributed by atoms with E-state index in [1.165, 1.54) is 0 Å². The standard InChI is InChI=1S/C6H4N2O5/c9-3-6(4(10)11,5(12)13)1-2-7-8-3/h1-2H,(H,10,11)(H,12,13). The van der Waals surface area contributed by atoms with Crippen LogP contribution in [0.1, 0.15) is 0 Å². The van der Waals surface area contributed by atoms with Crippen LogP contribution in [0.5, 0.6) is 0 Å². The summed E-state index contributed by atoms with van der Waals surface area (Å²) < 4.78 is 0. The molecule has 0 atom stereocenters.